The fraction of sp³-hybridized carbons (Fsp3) is 0.889. The maximum Gasteiger partial charge on any atom is 0.232 e. The van der Waals surface area contributed by atoms with Gasteiger partial charge in [-0.05, 0) is 26.1 Å². The van der Waals surface area contributed by atoms with Gasteiger partial charge >= 0.3 is 0 Å². The molecule has 3 nitrogen and oxygen atoms in total. The molecule has 0 aromatic rings. The number of nitrogens with zero attached hydrogens (tertiary/aromatic N) is 1. The lowest BCUT2D eigenvalue weighted by Crippen LogP contribution is -2.41. The van der Waals surface area contributed by atoms with Crippen LogP contribution in [0.1, 0.15) is 13.3 Å². The number of rotatable bonds is 3. The van der Waals surface area contributed by atoms with Gasteiger partial charge in [0, 0.05) is 19.1 Å². The third-order valence-corrected chi connectivity index (χ3v) is 3.31. The predicted octanol–water partition coefficient (Wildman–Crippen LogP) is 0.560. The van der Waals surface area contributed by atoms with Crippen molar-refractivity contribution in [3.05, 3.63) is 0 Å². The first-order valence-electron chi connectivity index (χ1n) is 4.77. The fourth-order valence-electron chi connectivity index (χ4n) is 1.35. The molecule has 0 aliphatic carbocycles. The number of thioether (sulfide) groups is 1. The van der Waals surface area contributed by atoms with Crippen molar-refractivity contribution in [2.45, 2.75) is 19.4 Å². The van der Waals surface area contributed by atoms with Crippen molar-refractivity contribution in [1.82, 2.24) is 10.2 Å². The second-order valence-electron chi connectivity index (χ2n) is 3.44. The average Bonchev–Trinajstić information content (AvgIpc) is 2.32. The minimum absolute atomic E-state index is 0.296. The summed E-state index contributed by atoms with van der Waals surface area (Å²) in [5.74, 6) is 2.08. The van der Waals surface area contributed by atoms with Crippen LogP contribution in [0.25, 0.3) is 0 Å². The van der Waals surface area contributed by atoms with E-state index in [4.69, 9.17) is 0 Å². The molecule has 1 saturated heterocycles. The zero-order valence-electron chi connectivity index (χ0n) is 8.38. The highest BCUT2D eigenvalue weighted by molar-refractivity contribution is 7.99. The molecule has 1 rings (SSSR count). The first-order chi connectivity index (χ1) is 6.24. The van der Waals surface area contributed by atoms with E-state index < -0.39 is 0 Å². The topological polar surface area (TPSA) is 32.3 Å². The zero-order chi connectivity index (χ0) is 9.68. The Balaban J connectivity index is 2.40. The lowest BCUT2D eigenvalue weighted by atomic mass is 10.3. The van der Waals surface area contributed by atoms with Crippen molar-refractivity contribution in [2.75, 3.05) is 31.6 Å². The monoisotopic (exact) mass is 202 g/mol. The molecule has 0 aromatic carbocycles. The first-order valence-corrected chi connectivity index (χ1v) is 5.92. The lowest BCUT2D eigenvalue weighted by molar-refractivity contribution is -0.128. The second kappa shape index (κ2) is 5.50. The van der Waals surface area contributed by atoms with Crippen LogP contribution in [0.15, 0.2) is 0 Å². The summed E-state index contributed by atoms with van der Waals surface area (Å²) in [5, 5.41) is 3.15. The van der Waals surface area contributed by atoms with Crippen LogP contribution in [0, 0.1) is 0 Å². The summed E-state index contributed by atoms with van der Waals surface area (Å²) in [5.41, 5.74) is 0. The molecule has 1 unspecified atom stereocenters. The highest BCUT2D eigenvalue weighted by Gasteiger charge is 2.17. The number of hydrogen-bond acceptors (Lipinski definition) is 3. The van der Waals surface area contributed by atoms with Crippen molar-refractivity contribution in [1.29, 1.82) is 0 Å². The predicted molar refractivity (Wildman–Crippen MR) is 57.0 cm³/mol. The molecule has 1 aliphatic rings. The van der Waals surface area contributed by atoms with Crippen molar-refractivity contribution < 1.29 is 4.79 Å². The summed E-state index contributed by atoms with van der Waals surface area (Å²) in [6.07, 6.45) is 1.13. The van der Waals surface area contributed by atoms with Crippen molar-refractivity contribution in [2.24, 2.45) is 0 Å². The van der Waals surface area contributed by atoms with Gasteiger partial charge in [-0.2, -0.15) is 11.8 Å². The van der Waals surface area contributed by atoms with E-state index in [1.807, 2.05) is 11.9 Å². The third-order valence-electron chi connectivity index (χ3n) is 2.28. The fourth-order valence-corrected chi connectivity index (χ4v) is 2.18. The van der Waals surface area contributed by atoms with Gasteiger partial charge in [0.1, 0.15) is 0 Å². The largest absolute Gasteiger partial charge is 0.340 e. The van der Waals surface area contributed by atoms with Gasteiger partial charge in [0.25, 0.3) is 0 Å². The Kier molecular flexibility index (Phi) is 4.59. The maximum absolute atomic E-state index is 11.5. The Morgan fingerprint density at radius 3 is 3.15 bits per heavy atom. The highest BCUT2D eigenvalue weighted by atomic mass is 32.2. The SMILES string of the molecule is CNC(C)CN1CCCSCC1=O. The van der Waals surface area contributed by atoms with Crippen molar-refractivity contribution in [3.8, 4) is 0 Å². The molecule has 13 heavy (non-hydrogen) atoms. The standard InChI is InChI=1S/C9H18N2OS/c1-8(10-2)6-11-4-3-5-13-7-9(11)12/h8,10H,3-7H2,1-2H3. The van der Waals surface area contributed by atoms with E-state index in [9.17, 15) is 4.79 Å². The van der Waals surface area contributed by atoms with Crippen molar-refractivity contribution >= 4 is 17.7 Å². The van der Waals surface area contributed by atoms with Gasteiger partial charge in [-0.3, -0.25) is 4.79 Å². The summed E-state index contributed by atoms with van der Waals surface area (Å²) >= 11 is 1.75. The number of nitrogens with one attached hydrogen (secondary N) is 1. The number of carbonyl (C=O) groups excluding carboxylic acids is 1. The van der Waals surface area contributed by atoms with E-state index in [0.717, 1.165) is 25.3 Å². The molecule has 76 valence electrons. The molecular formula is C9H18N2OS. The molecule has 1 N–H and O–H groups in total. The van der Waals surface area contributed by atoms with E-state index in [2.05, 4.69) is 12.2 Å². The highest BCUT2D eigenvalue weighted by Crippen LogP contribution is 2.11. The summed E-state index contributed by atoms with van der Waals surface area (Å²) in [6.45, 7) is 3.87. The molecule has 1 aliphatic heterocycles. The van der Waals surface area contributed by atoms with Gasteiger partial charge in [0.15, 0.2) is 0 Å². The van der Waals surface area contributed by atoms with Gasteiger partial charge in [-0.25, -0.2) is 0 Å². The van der Waals surface area contributed by atoms with Gasteiger partial charge in [-0.1, -0.05) is 0 Å². The van der Waals surface area contributed by atoms with E-state index in [1.165, 1.54) is 0 Å². The van der Waals surface area contributed by atoms with E-state index in [-0.39, 0.29) is 0 Å². The van der Waals surface area contributed by atoms with E-state index in [1.54, 1.807) is 11.8 Å². The average molecular weight is 202 g/mol. The van der Waals surface area contributed by atoms with Gasteiger partial charge in [-0.15, -0.1) is 0 Å². The number of likely N-dealkylation sites (N-methyl/N-ethyl adjacent to an activating group) is 1. The van der Waals surface area contributed by atoms with Crippen LogP contribution in [-0.4, -0.2) is 48.5 Å². The van der Waals surface area contributed by atoms with E-state index >= 15 is 0 Å². The number of hydrogen-bond donors (Lipinski definition) is 1. The second-order valence-corrected chi connectivity index (χ2v) is 4.54. The van der Waals surface area contributed by atoms with Crippen molar-refractivity contribution in [3.63, 3.8) is 0 Å². The number of amides is 1. The Hall–Kier alpha value is -0.220. The van der Waals surface area contributed by atoms with Gasteiger partial charge in [0.2, 0.25) is 5.91 Å². The molecule has 4 heteroatoms. The van der Waals surface area contributed by atoms with Crippen LogP contribution >= 0.6 is 11.8 Å². The molecule has 0 aromatic heterocycles. The smallest absolute Gasteiger partial charge is 0.232 e. The van der Waals surface area contributed by atoms with E-state index in [0.29, 0.717) is 17.7 Å². The molecule has 1 amide bonds. The number of carbonyl (C=O) groups is 1. The summed E-state index contributed by atoms with van der Waals surface area (Å²) in [6, 6.07) is 0.395. The quantitative estimate of drug-likeness (QED) is 0.726. The van der Waals surface area contributed by atoms with Gasteiger partial charge < -0.3 is 10.2 Å². The molecule has 0 spiro atoms. The third kappa shape index (κ3) is 3.56. The molecule has 1 atom stereocenters. The summed E-state index contributed by atoms with van der Waals surface area (Å²) < 4.78 is 0. The van der Waals surface area contributed by atoms with Crippen LogP contribution in [0.2, 0.25) is 0 Å². The van der Waals surface area contributed by atoms with Crippen LogP contribution in [0.4, 0.5) is 0 Å². The molecule has 1 heterocycles. The first kappa shape index (κ1) is 10.9. The maximum atomic E-state index is 11.5. The minimum atomic E-state index is 0.296. The normalized spacial score (nSPS) is 21.4. The molecular weight excluding hydrogens is 184 g/mol. The molecule has 0 saturated carbocycles. The molecule has 0 radical (unpaired) electrons. The Morgan fingerprint density at radius 1 is 1.69 bits per heavy atom. The minimum Gasteiger partial charge on any atom is -0.340 e. The Bertz CT molecular complexity index is 175. The van der Waals surface area contributed by atoms with Crippen LogP contribution in [0.5, 0.6) is 0 Å². The van der Waals surface area contributed by atoms with Crippen LogP contribution in [0.3, 0.4) is 0 Å². The lowest BCUT2D eigenvalue weighted by Gasteiger charge is -2.23. The van der Waals surface area contributed by atoms with Crippen LogP contribution < -0.4 is 5.32 Å². The summed E-state index contributed by atoms with van der Waals surface area (Å²) in [4.78, 5) is 13.5. The zero-order valence-corrected chi connectivity index (χ0v) is 9.19. The Labute approximate surface area is 84.2 Å². The summed E-state index contributed by atoms with van der Waals surface area (Å²) in [7, 11) is 1.93. The van der Waals surface area contributed by atoms with Crippen LogP contribution in [-0.2, 0) is 4.79 Å². The molecule has 1 fully saturated rings. The van der Waals surface area contributed by atoms with Gasteiger partial charge in [0.05, 0.1) is 5.75 Å². The Morgan fingerprint density at radius 2 is 2.46 bits per heavy atom. The molecule has 0 bridgehead atoms.